The van der Waals surface area contributed by atoms with Gasteiger partial charge in [0.15, 0.2) is 0 Å². The highest BCUT2D eigenvalue weighted by Gasteiger charge is 2.40. The predicted octanol–water partition coefficient (Wildman–Crippen LogP) is -0.873. The Morgan fingerprint density at radius 3 is 2.65 bits per heavy atom. The number of carbonyl (C=O) groups excluding carboxylic acids is 1. The topological polar surface area (TPSA) is 81.8 Å². The molecule has 0 spiro atoms. The van der Waals surface area contributed by atoms with Gasteiger partial charge >= 0.3 is 0 Å². The molecule has 7 nitrogen and oxygen atoms in total. The second-order valence-corrected chi connectivity index (χ2v) is 6.95. The fourth-order valence-corrected chi connectivity index (χ4v) is 4.21. The summed E-state index contributed by atoms with van der Waals surface area (Å²) < 4.78 is 28.3. The first-order valence-corrected chi connectivity index (χ1v) is 8.76. The van der Waals surface area contributed by atoms with Crippen molar-refractivity contribution in [1.29, 1.82) is 0 Å². The minimum atomic E-state index is -3.53. The summed E-state index contributed by atoms with van der Waals surface area (Å²) in [6, 6.07) is -0.526. The molecule has 0 radical (unpaired) electrons. The van der Waals surface area contributed by atoms with Gasteiger partial charge in [0.2, 0.25) is 5.91 Å². The zero-order chi connectivity index (χ0) is 14.6. The smallest absolute Gasteiger partial charge is 0.280 e. The Bertz CT molecular complexity index is 434. The van der Waals surface area contributed by atoms with Crippen molar-refractivity contribution in [3.05, 3.63) is 0 Å². The van der Waals surface area contributed by atoms with E-state index < -0.39 is 16.3 Å². The highest BCUT2D eigenvalue weighted by atomic mass is 32.2. The average Bonchev–Trinajstić information content (AvgIpc) is 2.95. The maximum absolute atomic E-state index is 12.5. The number of piperazine rings is 1. The number of carbonyl (C=O) groups is 1. The summed E-state index contributed by atoms with van der Waals surface area (Å²) in [7, 11) is -3.53. The summed E-state index contributed by atoms with van der Waals surface area (Å²) >= 11 is 0. The van der Waals surface area contributed by atoms with E-state index in [-0.39, 0.29) is 5.91 Å². The molecule has 116 valence electrons. The van der Waals surface area contributed by atoms with Crippen LogP contribution < -0.4 is 10.0 Å². The minimum Gasteiger partial charge on any atom is -0.339 e. The maximum Gasteiger partial charge on any atom is 0.280 e. The van der Waals surface area contributed by atoms with Gasteiger partial charge in [0, 0.05) is 39.3 Å². The molecule has 0 saturated carbocycles. The van der Waals surface area contributed by atoms with Crippen LogP contribution in [0.4, 0.5) is 0 Å². The quantitative estimate of drug-likeness (QED) is 0.691. The largest absolute Gasteiger partial charge is 0.339 e. The molecule has 2 heterocycles. The van der Waals surface area contributed by atoms with Crippen LogP contribution >= 0.6 is 0 Å². The van der Waals surface area contributed by atoms with Crippen molar-refractivity contribution in [2.75, 3.05) is 39.3 Å². The van der Waals surface area contributed by atoms with E-state index in [0.717, 1.165) is 25.9 Å². The van der Waals surface area contributed by atoms with Gasteiger partial charge in [-0.25, -0.2) is 4.72 Å². The Hall–Kier alpha value is -0.700. The predicted molar refractivity (Wildman–Crippen MR) is 76.4 cm³/mol. The van der Waals surface area contributed by atoms with Crippen molar-refractivity contribution < 1.29 is 13.2 Å². The van der Waals surface area contributed by atoms with Gasteiger partial charge in [0.1, 0.15) is 6.04 Å². The summed E-state index contributed by atoms with van der Waals surface area (Å²) in [5, 5.41) is 3.19. The van der Waals surface area contributed by atoms with E-state index in [1.807, 2.05) is 6.92 Å². The number of hydrogen-bond donors (Lipinski definition) is 2. The number of nitrogens with zero attached hydrogens (tertiary/aromatic N) is 2. The van der Waals surface area contributed by atoms with E-state index >= 15 is 0 Å². The Morgan fingerprint density at radius 1 is 1.30 bits per heavy atom. The van der Waals surface area contributed by atoms with E-state index in [1.54, 1.807) is 4.90 Å². The molecule has 2 aliphatic rings. The van der Waals surface area contributed by atoms with E-state index in [2.05, 4.69) is 10.0 Å². The second kappa shape index (κ2) is 6.84. The molecule has 2 N–H and O–H groups in total. The van der Waals surface area contributed by atoms with Crippen molar-refractivity contribution in [3.8, 4) is 0 Å². The average molecular weight is 304 g/mol. The molecule has 1 unspecified atom stereocenters. The highest BCUT2D eigenvalue weighted by Crippen LogP contribution is 2.22. The SMILES string of the molecule is CCCNS(=O)(=O)N1CCCC1C(=O)N1CCNCC1. The number of hydrogen-bond acceptors (Lipinski definition) is 4. The normalized spacial score (nSPS) is 25.1. The molecule has 8 heteroatoms. The number of amides is 1. The molecule has 0 aromatic carbocycles. The molecular weight excluding hydrogens is 280 g/mol. The molecule has 2 fully saturated rings. The molecule has 0 bridgehead atoms. The van der Waals surface area contributed by atoms with Crippen LogP contribution in [0, 0.1) is 0 Å². The molecule has 2 saturated heterocycles. The zero-order valence-corrected chi connectivity index (χ0v) is 12.8. The monoisotopic (exact) mass is 304 g/mol. The molecule has 2 rings (SSSR count). The molecule has 1 atom stereocenters. The van der Waals surface area contributed by atoms with Crippen molar-refractivity contribution in [1.82, 2.24) is 19.2 Å². The summed E-state index contributed by atoms with van der Waals surface area (Å²) in [4.78, 5) is 14.3. The first-order valence-electron chi connectivity index (χ1n) is 7.32. The van der Waals surface area contributed by atoms with Crippen LogP contribution in [0.3, 0.4) is 0 Å². The molecule has 0 aromatic heterocycles. The Labute approximate surface area is 120 Å². The van der Waals surface area contributed by atoms with Crippen LogP contribution in [0.1, 0.15) is 26.2 Å². The van der Waals surface area contributed by atoms with Gasteiger partial charge in [-0.2, -0.15) is 12.7 Å². The molecule has 2 aliphatic heterocycles. The van der Waals surface area contributed by atoms with Gasteiger partial charge in [0.05, 0.1) is 0 Å². The third-order valence-electron chi connectivity index (χ3n) is 3.76. The fourth-order valence-electron chi connectivity index (χ4n) is 2.68. The minimum absolute atomic E-state index is 0.0501. The van der Waals surface area contributed by atoms with Gasteiger partial charge in [-0.3, -0.25) is 4.79 Å². The fraction of sp³-hybridized carbons (Fsp3) is 0.917. The first-order chi connectivity index (χ1) is 9.56. The van der Waals surface area contributed by atoms with Crippen molar-refractivity contribution in [2.45, 2.75) is 32.2 Å². The van der Waals surface area contributed by atoms with Crippen LogP contribution in [0.5, 0.6) is 0 Å². The standard InChI is InChI=1S/C12H24N4O3S/c1-2-5-14-20(18,19)16-8-3-4-11(16)12(17)15-9-6-13-7-10-15/h11,13-14H,2-10H2,1H3. The van der Waals surface area contributed by atoms with Crippen LogP contribution in [0.2, 0.25) is 0 Å². The Kier molecular flexibility index (Phi) is 5.36. The molecule has 20 heavy (non-hydrogen) atoms. The first kappa shape index (κ1) is 15.7. The maximum atomic E-state index is 12.5. The zero-order valence-electron chi connectivity index (χ0n) is 12.0. The van der Waals surface area contributed by atoms with Crippen molar-refractivity contribution in [2.24, 2.45) is 0 Å². The Balaban J connectivity index is 2.04. The lowest BCUT2D eigenvalue weighted by atomic mass is 10.2. The lowest BCUT2D eigenvalue weighted by molar-refractivity contribution is -0.135. The van der Waals surface area contributed by atoms with Crippen LogP contribution in [-0.4, -0.2) is 68.8 Å². The third-order valence-corrected chi connectivity index (χ3v) is 5.38. The van der Waals surface area contributed by atoms with Gasteiger partial charge in [-0.15, -0.1) is 0 Å². The lowest BCUT2D eigenvalue weighted by Crippen LogP contribution is -2.54. The number of nitrogens with one attached hydrogen (secondary N) is 2. The lowest BCUT2D eigenvalue weighted by Gasteiger charge is -2.32. The van der Waals surface area contributed by atoms with Crippen molar-refractivity contribution >= 4 is 16.1 Å². The highest BCUT2D eigenvalue weighted by molar-refractivity contribution is 7.87. The summed E-state index contributed by atoms with van der Waals surface area (Å²) in [5.74, 6) is -0.0501. The van der Waals surface area contributed by atoms with E-state index in [0.29, 0.717) is 32.6 Å². The van der Waals surface area contributed by atoms with Gasteiger partial charge in [0.25, 0.3) is 10.2 Å². The van der Waals surface area contributed by atoms with E-state index in [4.69, 9.17) is 0 Å². The second-order valence-electron chi connectivity index (χ2n) is 5.24. The van der Waals surface area contributed by atoms with Crippen molar-refractivity contribution in [3.63, 3.8) is 0 Å². The van der Waals surface area contributed by atoms with Gasteiger partial charge in [-0.1, -0.05) is 6.92 Å². The molecule has 0 aliphatic carbocycles. The Morgan fingerprint density at radius 2 is 2.00 bits per heavy atom. The van der Waals surface area contributed by atoms with Gasteiger partial charge < -0.3 is 10.2 Å². The van der Waals surface area contributed by atoms with Crippen LogP contribution in [0.15, 0.2) is 0 Å². The molecular formula is C12H24N4O3S. The molecule has 0 aromatic rings. The van der Waals surface area contributed by atoms with E-state index in [9.17, 15) is 13.2 Å². The van der Waals surface area contributed by atoms with Crippen LogP contribution in [-0.2, 0) is 15.0 Å². The van der Waals surface area contributed by atoms with E-state index in [1.165, 1.54) is 4.31 Å². The summed E-state index contributed by atoms with van der Waals surface area (Å²) in [5.41, 5.74) is 0. The summed E-state index contributed by atoms with van der Waals surface area (Å²) in [6.45, 7) is 5.63. The molecule has 1 amide bonds. The third kappa shape index (κ3) is 3.49. The van der Waals surface area contributed by atoms with Crippen LogP contribution in [0.25, 0.3) is 0 Å². The van der Waals surface area contributed by atoms with Gasteiger partial charge in [-0.05, 0) is 19.3 Å². The summed E-state index contributed by atoms with van der Waals surface area (Å²) in [6.07, 6.45) is 2.11. The number of rotatable bonds is 5.